The second kappa shape index (κ2) is 6.51. The summed E-state index contributed by atoms with van der Waals surface area (Å²) in [6.45, 7) is 3.07. The van der Waals surface area contributed by atoms with Crippen molar-refractivity contribution in [2.75, 3.05) is 13.1 Å². The van der Waals surface area contributed by atoms with Gasteiger partial charge in [-0.15, -0.1) is 18.2 Å². The minimum atomic E-state index is -0.423. The molecule has 0 saturated heterocycles. The van der Waals surface area contributed by atoms with Crippen LogP contribution in [-0.4, -0.2) is 18.3 Å². The number of terminal acetylenes is 1. The quantitative estimate of drug-likeness (QED) is 0.483. The highest BCUT2D eigenvalue weighted by molar-refractivity contribution is 8.00. The molecule has 0 bridgehead atoms. The van der Waals surface area contributed by atoms with E-state index in [-0.39, 0.29) is 5.25 Å². The molecule has 86 valence electrons. The van der Waals surface area contributed by atoms with Crippen LogP contribution in [-0.2, 0) is 0 Å². The summed E-state index contributed by atoms with van der Waals surface area (Å²) in [6.07, 6.45) is 5.08. The lowest BCUT2D eigenvalue weighted by molar-refractivity contribution is 0.576. The van der Waals surface area contributed by atoms with Crippen LogP contribution in [0.25, 0.3) is 0 Å². The monoisotopic (exact) mass is 241 g/mol. The first kappa shape index (κ1) is 13.0. The molecule has 1 rings (SSSR count). The number of nitrogens with one attached hydrogen (secondary N) is 1. The zero-order valence-electron chi connectivity index (χ0n) is 8.97. The first-order chi connectivity index (χ1) is 7.63. The summed E-state index contributed by atoms with van der Waals surface area (Å²) in [5, 5.41) is 3.15. The van der Waals surface area contributed by atoms with E-state index in [4.69, 9.17) is 6.42 Å². The Balaban J connectivity index is 2.52. The van der Waals surface area contributed by atoms with E-state index in [1.54, 1.807) is 0 Å². The minimum Gasteiger partial charge on any atom is -0.305 e. The zero-order valence-corrected chi connectivity index (χ0v) is 9.78. The van der Waals surface area contributed by atoms with Crippen molar-refractivity contribution in [2.45, 2.75) is 17.1 Å². The van der Waals surface area contributed by atoms with Crippen LogP contribution in [0.1, 0.15) is 6.92 Å². The first-order valence-corrected chi connectivity index (χ1v) is 5.77. The van der Waals surface area contributed by atoms with E-state index >= 15 is 0 Å². The number of hydrogen-bond donors (Lipinski definition) is 1. The maximum absolute atomic E-state index is 13.3. The lowest BCUT2D eigenvalue weighted by Gasteiger charge is -2.11. The van der Waals surface area contributed by atoms with Crippen molar-refractivity contribution in [1.82, 2.24) is 5.32 Å². The number of hydrogen-bond acceptors (Lipinski definition) is 2. The van der Waals surface area contributed by atoms with Crippen LogP contribution in [0.15, 0.2) is 23.1 Å². The molecule has 16 heavy (non-hydrogen) atoms. The van der Waals surface area contributed by atoms with Gasteiger partial charge in [0, 0.05) is 16.7 Å². The highest BCUT2D eigenvalue weighted by Crippen LogP contribution is 2.26. The summed E-state index contributed by atoms with van der Waals surface area (Å²) in [5.74, 6) is 1.64. The van der Waals surface area contributed by atoms with Gasteiger partial charge in [-0.25, -0.2) is 8.78 Å². The standard InChI is InChI=1S/C12H13F2NS/c1-3-6-15-8-9(2)16-12-7-10(13)4-5-11(12)14/h1,4-5,7,9,15H,6,8H2,2H3. The highest BCUT2D eigenvalue weighted by atomic mass is 32.2. The molecular formula is C12H13F2NS. The van der Waals surface area contributed by atoms with E-state index in [9.17, 15) is 8.78 Å². The first-order valence-electron chi connectivity index (χ1n) is 4.89. The summed E-state index contributed by atoms with van der Waals surface area (Å²) in [6, 6.07) is 3.46. The molecule has 1 aromatic carbocycles. The Labute approximate surface area is 98.6 Å². The van der Waals surface area contributed by atoms with Crippen molar-refractivity contribution in [3.8, 4) is 12.3 Å². The summed E-state index contributed by atoms with van der Waals surface area (Å²) in [7, 11) is 0. The normalized spacial score (nSPS) is 12.1. The molecule has 0 aliphatic heterocycles. The SMILES string of the molecule is C#CCNCC(C)Sc1cc(F)ccc1F. The van der Waals surface area contributed by atoms with Gasteiger partial charge in [-0.2, -0.15) is 0 Å². The third kappa shape index (κ3) is 4.21. The van der Waals surface area contributed by atoms with E-state index in [0.29, 0.717) is 18.0 Å². The maximum atomic E-state index is 13.3. The molecular weight excluding hydrogens is 228 g/mol. The van der Waals surface area contributed by atoms with Crippen molar-refractivity contribution in [2.24, 2.45) is 0 Å². The third-order valence-corrected chi connectivity index (χ3v) is 3.02. The summed E-state index contributed by atoms with van der Waals surface area (Å²) in [4.78, 5) is 0.329. The molecule has 0 fully saturated rings. The second-order valence-corrected chi connectivity index (χ2v) is 4.82. The fraction of sp³-hybridized carbons (Fsp3) is 0.333. The zero-order chi connectivity index (χ0) is 12.0. The van der Waals surface area contributed by atoms with Crippen LogP contribution in [0, 0.1) is 24.0 Å². The van der Waals surface area contributed by atoms with E-state index in [2.05, 4.69) is 11.2 Å². The molecule has 0 aliphatic rings. The summed E-state index contributed by atoms with van der Waals surface area (Å²) >= 11 is 1.29. The van der Waals surface area contributed by atoms with E-state index in [1.165, 1.54) is 17.8 Å². The van der Waals surface area contributed by atoms with Gasteiger partial charge in [0.1, 0.15) is 11.6 Å². The van der Waals surface area contributed by atoms with E-state index in [1.807, 2.05) is 6.92 Å². The Kier molecular flexibility index (Phi) is 5.30. The number of halogens is 2. The van der Waals surface area contributed by atoms with E-state index < -0.39 is 11.6 Å². The van der Waals surface area contributed by atoms with Gasteiger partial charge in [0.05, 0.1) is 6.54 Å². The van der Waals surface area contributed by atoms with Gasteiger partial charge < -0.3 is 5.32 Å². The van der Waals surface area contributed by atoms with Crippen molar-refractivity contribution in [1.29, 1.82) is 0 Å². The van der Waals surface area contributed by atoms with Gasteiger partial charge in [-0.3, -0.25) is 0 Å². The number of rotatable bonds is 5. The van der Waals surface area contributed by atoms with Gasteiger partial charge in [0.15, 0.2) is 0 Å². The Morgan fingerprint density at radius 1 is 1.50 bits per heavy atom. The molecule has 4 heteroatoms. The van der Waals surface area contributed by atoms with Gasteiger partial charge in [0.25, 0.3) is 0 Å². The molecule has 0 saturated carbocycles. The Morgan fingerprint density at radius 2 is 2.25 bits per heavy atom. The topological polar surface area (TPSA) is 12.0 Å². The summed E-state index contributed by atoms with van der Waals surface area (Å²) in [5.41, 5.74) is 0. The summed E-state index contributed by atoms with van der Waals surface area (Å²) < 4.78 is 26.2. The maximum Gasteiger partial charge on any atom is 0.136 e. The molecule has 0 amide bonds. The Morgan fingerprint density at radius 3 is 2.94 bits per heavy atom. The lowest BCUT2D eigenvalue weighted by Crippen LogP contribution is -2.22. The molecule has 0 radical (unpaired) electrons. The largest absolute Gasteiger partial charge is 0.305 e. The van der Waals surface area contributed by atoms with Gasteiger partial charge in [0.2, 0.25) is 0 Å². The highest BCUT2D eigenvalue weighted by Gasteiger charge is 2.09. The predicted octanol–water partition coefficient (Wildman–Crippen LogP) is 2.67. The molecule has 0 spiro atoms. The van der Waals surface area contributed by atoms with Gasteiger partial charge in [-0.05, 0) is 18.2 Å². The fourth-order valence-corrected chi connectivity index (χ4v) is 2.17. The van der Waals surface area contributed by atoms with Crippen LogP contribution >= 0.6 is 11.8 Å². The van der Waals surface area contributed by atoms with Crippen molar-refractivity contribution >= 4 is 11.8 Å². The lowest BCUT2D eigenvalue weighted by atomic mass is 10.3. The van der Waals surface area contributed by atoms with Crippen molar-refractivity contribution in [3.63, 3.8) is 0 Å². The van der Waals surface area contributed by atoms with E-state index in [0.717, 1.165) is 12.1 Å². The average Bonchev–Trinajstić information content (AvgIpc) is 2.24. The average molecular weight is 241 g/mol. The van der Waals surface area contributed by atoms with Crippen LogP contribution in [0.3, 0.4) is 0 Å². The minimum absolute atomic E-state index is 0.129. The smallest absolute Gasteiger partial charge is 0.136 e. The Bertz CT molecular complexity index is 387. The molecule has 0 aliphatic carbocycles. The van der Waals surface area contributed by atoms with Crippen molar-refractivity contribution < 1.29 is 8.78 Å². The molecule has 1 atom stereocenters. The number of thioether (sulfide) groups is 1. The van der Waals surface area contributed by atoms with Gasteiger partial charge in [-0.1, -0.05) is 12.8 Å². The third-order valence-electron chi connectivity index (χ3n) is 1.88. The van der Waals surface area contributed by atoms with Crippen molar-refractivity contribution in [3.05, 3.63) is 29.8 Å². The molecule has 1 N–H and O–H groups in total. The fourth-order valence-electron chi connectivity index (χ4n) is 1.17. The number of benzene rings is 1. The van der Waals surface area contributed by atoms with Crippen LogP contribution in [0.4, 0.5) is 8.78 Å². The predicted molar refractivity (Wildman–Crippen MR) is 63.4 cm³/mol. The van der Waals surface area contributed by atoms with Gasteiger partial charge >= 0.3 is 0 Å². The second-order valence-electron chi connectivity index (χ2n) is 3.34. The van der Waals surface area contributed by atoms with Crippen LogP contribution in [0.5, 0.6) is 0 Å². The molecule has 1 unspecified atom stereocenters. The van der Waals surface area contributed by atoms with Crippen LogP contribution in [0.2, 0.25) is 0 Å². The molecule has 1 nitrogen and oxygen atoms in total. The molecule has 1 aromatic rings. The van der Waals surface area contributed by atoms with Crippen LogP contribution < -0.4 is 5.32 Å². The molecule has 0 aromatic heterocycles. The Hall–Kier alpha value is -1.05. The molecule has 0 heterocycles.